The molecule has 1 atom stereocenters. The number of carboxylic acids is 1. The molecule has 0 unspecified atom stereocenters. The van der Waals surface area contributed by atoms with Crippen molar-refractivity contribution in [1.82, 2.24) is 4.72 Å². The van der Waals surface area contributed by atoms with Gasteiger partial charge in [-0.15, -0.1) is 0 Å². The zero-order valence-electron chi connectivity index (χ0n) is 14.6. The van der Waals surface area contributed by atoms with Crippen molar-refractivity contribution in [2.45, 2.75) is 23.8 Å². The van der Waals surface area contributed by atoms with Crippen molar-refractivity contribution in [3.63, 3.8) is 0 Å². The second kappa shape index (κ2) is 8.63. The van der Waals surface area contributed by atoms with Gasteiger partial charge in [0.2, 0.25) is 10.0 Å². The average Bonchev–Trinajstić information content (AvgIpc) is 2.62. The molecule has 0 fully saturated rings. The Morgan fingerprint density at radius 1 is 1.21 bits per heavy atom. The van der Waals surface area contributed by atoms with Gasteiger partial charge in [-0.25, -0.2) is 8.42 Å². The van der Waals surface area contributed by atoms with Gasteiger partial charge in [0.1, 0.15) is 6.04 Å². The Morgan fingerprint density at radius 3 is 2.46 bits per heavy atom. The van der Waals surface area contributed by atoms with E-state index in [1.807, 2.05) is 0 Å². The van der Waals surface area contributed by atoms with Crippen molar-refractivity contribution in [2.24, 2.45) is 16.5 Å². The van der Waals surface area contributed by atoms with Crippen LogP contribution >= 0.6 is 0 Å². The number of nitrogens with two attached hydrogens (primary N) is 2. The molecule has 2 aromatic rings. The minimum absolute atomic E-state index is 0.0454. The van der Waals surface area contributed by atoms with Gasteiger partial charge in [0.05, 0.1) is 15.2 Å². The molecule has 0 amide bonds. The number of guanidine groups is 1. The molecule has 0 saturated heterocycles. The first-order valence-electron chi connectivity index (χ1n) is 8.10. The van der Waals surface area contributed by atoms with E-state index in [2.05, 4.69) is 9.71 Å². The Hall–Kier alpha value is -3.25. The third-order valence-corrected chi connectivity index (χ3v) is 5.42. The highest BCUT2D eigenvalue weighted by Gasteiger charge is 2.27. The second-order valence-corrected chi connectivity index (χ2v) is 7.53. The summed E-state index contributed by atoms with van der Waals surface area (Å²) in [4.78, 5) is 25.5. The van der Waals surface area contributed by atoms with Crippen molar-refractivity contribution in [1.29, 1.82) is 0 Å². The molecule has 0 aliphatic rings. The molecule has 6 N–H and O–H groups in total. The van der Waals surface area contributed by atoms with Crippen LogP contribution in [0.25, 0.3) is 10.8 Å². The van der Waals surface area contributed by atoms with Gasteiger partial charge in [0, 0.05) is 18.0 Å². The highest BCUT2D eigenvalue weighted by molar-refractivity contribution is 7.89. The number of non-ortho nitro benzene ring substituents is 1. The van der Waals surface area contributed by atoms with Crippen LogP contribution in [0.5, 0.6) is 0 Å². The number of nitrogens with one attached hydrogen (secondary N) is 1. The molecular weight excluding hydrogens is 390 g/mol. The van der Waals surface area contributed by atoms with Crippen LogP contribution in [0.1, 0.15) is 12.8 Å². The van der Waals surface area contributed by atoms with Gasteiger partial charge in [-0.3, -0.25) is 19.9 Å². The number of nitro benzene ring substituents is 1. The summed E-state index contributed by atoms with van der Waals surface area (Å²) in [6.45, 7) is 0.147. The van der Waals surface area contributed by atoms with Crippen LogP contribution in [0.2, 0.25) is 0 Å². The monoisotopic (exact) mass is 409 g/mol. The van der Waals surface area contributed by atoms with Gasteiger partial charge in [0.25, 0.3) is 5.69 Å². The van der Waals surface area contributed by atoms with E-state index in [-0.39, 0.29) is 46.7 Å². The summed E-state index contributed by atoms with van der Waals surface area (Å²) < 4.78 is 27.7. The van der Waals surface area contributed by atoms with E-state index in [1.165, 1.54) is 36.4 Å². The van der Waals surface area contributed by atoms with Crippen LogP contribution in [0.3, 0.4) is 0 Å². The van der Waals surface area contributed by atoms with Crippen LogP contribution in [0.15, 0.2) is 46.3 Å². The summed E-state index contributed by atoms with van der Waals surface area (Å²) in [5.41, 5.74) is 10.1. The molecule has 0 aliphatic heterocycles. The van der Waals surface area contributed by atoms with E-state index in [0.29, 0.717) is 0 Å². The highest BCUT2D eigenvalue weighted by atomic mass is 32.2. The van der Waals surface area contributed by atoms with Crippen molar-refractivity contribution in [3.05, 3.63) is 46.5 Å². The van der Waals surface area contributed by atoms with E-state index in [0.717, 1.165) is 0 Å². The lowest BCUT2D eigenvalue weighted by molar-refractivity contribution is -0.383. The van der Waals surface area contributed by atoms with Crippen LogP contribution in [-0.4, -0.2) is 43.0 Å². The summed E-state index contributed by atoms with van der Waals surface area (Å²) in [5, 5.41) is 20.7. The van der Waals surface area contributed by atoms with E-state index >= 15 is 0 Å². The molecule has 0 heterocycles. The molecule has 0 aromatic heterocycles. The molecule has 0 spiro atoms. The third-order valence-electron chi connectivity index (χ3n) is 3.89. The third kappa shape index (κ3) is 4.92. The first-order chi connectivity index (χ1) is 13.1. The summed E-state index contributed by atoms with van der Waals surface area (Å²) in [7, 11) is -4.27. The number of aliphatic imine (C=N–C) groups is 1. The van der Waals surface area contributed by atoms with E-state index < -0.39 is 27.0 Å². The van der Waals surface area contributed by atoms with Gasteiger partial charge in [-0.2, -0.15) is 4.72 Å². The number of sulfonamides is 1. The maximum absolute atomic E-state index is 12.8. The maximum atomic E-state index is 12.8. The van der Waals surface area contributed by atoms with Crippen LogP contribution in [0, 0.1) is 10.1 Å². The SMILES string of the molecule is NC(N)=NCCC[C@H](NS(=O)(=O)c1cccc2c([N+](=O)[O-])cccc12)C(=O)O. The number of aliphatic carboxylic acids is 1. The Balaban J connectivity index is 2.35. The lowest BCUT2D eigenvalue weighted by Crippen LogP contribution is -2.40. The summed E-state index contributed by atoms with van der Waals surface area (Å²) in [6, 6.07) is 6.68. The van der Waals surface area contributed by atoms with Crippen molar-refractivity contribution < 1.29 is 23.2 Å². The number of nitrogens with zero attached hydrogens (tertiary/aromatic N) is 2. The molecule has 0 radical (unpaired) electrons. The number of carboxylic acid groups (broad SMARTS) is 1. The van der Waals surface area contributed by atoms with Gasteiger partial charge in [-0.1, -0.05) is 18.2 Å². The molecule has 2 rings (SSSR count). The summed E-state index contributed by atoms with van der Waals surface area (Å²) in [5.74, 6) is -1.51. The number of fused-ring (bicyclic) bond motifs is 1. The second-order valence-electron chi connectivity index (χ2n) is 5.85. The van der Waals surface area contributed by atoms with E-state index in [1.54, 1.807) is 0 Å². The Kier molecular flexibility index (Phi) is 6.49. The zero-order chi connectivity index (χ0) is 20.9. The molecule has 11 nitrogen and oxygen atoms in total. The van der Waals surface area contributed by atoms with Crippen LogP contribution in [0.4, 0.5) is 5.69 Å². The number of carbonyl (C=O) groups is 1. The average molecular weight is 409 g/mol. The molecular formula is C16H19N5O6S. The lowest BCUT2D eigenvalue weighted by Gasteiger charge is -2.15. The minimum Gasteiger partial charge on any atom is -0.480 e. The number of hydrogen-bond acceptors (Lipinski definition) is 6. The van der Waals surface area contributed by atoms with Crippen LogP contribution < -0.4 is 16.2 Å². The molecule has 0 aliphatic carbocycles. The molecule has 0 bridgehead atoms. The Morgan fingerprint density at radius 2 is 1.86 bits per heavy atom. The van der Waals surface area contributed by atoms with Gasteiger partial charge in [-0.05, 0) is 25.0 Å². The molecule has 28 heavy (non-hydrogen) atoms. The maximum Gasteiger partial charge on any atom is 0.321 e. The molecule has 12 heteroatoms. The smallest absolute Gasteiger partial charge is 0.321 e. The standard InChI is InChI=1S/C16H19N5O6S/c17-16(18)19-9-3-6-12(15(22)23)20-28(26,27)14-8-2-4-10-11(14)5-1-7-13(10)21(24)25/h1-2,4-5,7-8,12,20H,3,6,9H2,(H,22,23)(H4,17,18,19)/t12-/m0/s1. The van der Waals surface area contributed by atoms with Gasteiger partial charge in [0.15, 0.2) is 5.96 Å². The predicted molar refractivity (Wildman–Crippen MR) is 102 cm³/mol. The number of benzene rings is 2. The Labute approximate surface area is 160 Å². The van der Waals surface area contributed by atoms with Crippen molar-refractivity contribution >= 4 is 38.4 Å². The molecule has 150 valence electrons. The topological polar surface area (TPSA) is 191 Å². The molecule has 2 aromatic carbocycles. The quantitative estimate of drug-likeness (QED) is 0.151. The Bertz CT molecular complexity index is 1030. The highest BCUT2D eigenvalue weighted by Crippen LogP contribution is 2.30. The van der Waals surface area contributed by atoms with Crippen molar-refractivity contribution in [2.75, 3.05) is 6.54 Å². The first kappa shape index (κ1) is 21.1. The summed E-state index contributed by atoms with van der Waals surface area (Å²) >= 11 is 0. The van der Waals surface area contributed by atoms with E-state index in [9.17, 15) is 28.4 Å². The zero-order valence-corrected chi connectivity index (χ0v) is 15.4. The lowest BCUT2D eigenvalue weighted by atomic mass is 10.1. The largest absolute Gasteiger partial charge is 0.480 e. The summed E-state index contributed by atoms with van der Waals surface area (Å²) in [6.07, 6.45) is 0.189. The first-order valence-corrected chi connectivity index (χ1v) is 9.58. The molecule has 0 saturated carbocycles. The number of nitro groups is 1. The van der Waals surface area contributed by atoms with E-state index in [4.69, 9.17) is 11.5 Å². The van der Waals surface area contributed by atoms with Crippen molar-refractivity contribution in [3.8, 4) is 0 Å². The minimum atomic E-state index is -4.27. The van der Waals surface area contributed by atoms with Gasteiger partial charge >= 0.3 is 5.97 Å². The fraction of sp³-hybridized carbons (Fsp3) is 0.250. The fourth-order valence-corrected chi connectivity index (χ4v) is 4.09. The predicted octanol–water partition coefficient (Wildman–Crippen LogP) is 0.533. The normalized spacial score (nSPS) is 12.4. The van der Waals surface area contributed by atoms with Gasteiger partial charge < -0.3 is 16.6 Å². The number of rotatable bonds is 9. The van der Waals surface area contributed by atoms with Crippen LogP contribution in [-0.2, 0) is 14.8 Å². The number of hydrogen-bond donors (Lipinski definition) is 4. The fourth-order valence-electron chi connectivity index (χ4n) is 2.65.